The molecule has 0 spiro atoms. The molecule has 0 saturated heterocycles. The van der Waals surface area contributed by atoms with E-state index < -0.39 is 0 Å². The van der Waals surface area contributed by atoms with Crippen LogP contribution in [0.1, 0.15) is 30.0 Å². The zero-order valence-corrected chi connectivity index (χ0v) is 13.3. The summed E-state index contributed by atoms with van der Waals surface area (Å²) in [4.78, 5) is 2.13. The molecule has 21 heavy (non-hydrogen) atoms. The number of hydrogen-bond acceptors (Lipinski definition) is 2. The zero-order chi connectivity index (χ0) is 15.1. The van der Waals surface area contributed by atoms with Crippen molar-refractivity contribution in [3.8, 4) is 0 Å². The number of nitrogens with zero attached hydrogens (tertiary/aromatic N) is 1. The Balaban J connectivity index is 1.90. The van der Waals surface area contributed by atoms with Gasteiger partial charge in [0, 0.05) is 25.8 Å². The van der Waals surface area contributed by atoms with Gasteiger partial charge in [0.1, 0.15) is 0 Å². The molecule has 0 fully saturated rings. The Hall–Kier alpha value is -1.80. The molecular formula is C19H26N2. The Morgan fingerprint density at radius 3 is 2.19 bits per heavy atom. The minimum atomic E-state index is 0.435. The number of aryl methyl sites for hydroxylation is 1. The van der Waals surface area contributed by atoms with Gasteiger partial charge in [-0.1, -0.05) is 42.5 Å². The second-order valence-corrected chi connectivity index (χ2v) is 5.71. The maximum Gasteiger partial charge on any atom is 0.0361 e. The Bertz CT molecular complexity index is 517. The minimum Gasteiger partial charge on any atom is -0.378 e. The van der Waals surface area contributed by atoms with E-state index >= 15 is 0 Å². The zero-order valence-electron chi connectivity index (χ0n) is 13.3. The second-order valence-electron chi connectivity index (χ2n) is 5.71. The average molecular weight is 282 g/mol. The van der Waals surface area contributed by atoms with Gasteiger partial charge in [-0.05, 0) is 49.6 Å². The van der Waals surface area contributed by atoms with Crippen molar-refractivity contribution in [2.75, 3.05) is 26.0 Å². The van der Waals surface area contributed by atoms with E-state index in [2.05, 4.69) is 78.9 Å². The van der Waals surface area contributed by atoms with Gasteiger partial charge < -0.3 is 10.2 Å². The lowest BCUT2D eigenvalue weighted by molar-refractivity contribution is 0.527. The summed E-state index contributed by atoms with van der Waals surface area (Å²) in [5, 5.41) is 3.44. The standard InChI is InChI=1S/C19H26N2/c1-20-19(11-7-10-16-8-5-4-6-9-16)17-12-14-18(15-13-17)21(2)3/h4-6,8-9,12-15,19-20H,7,10-11H2,1-3H3. The highest BCUT2D eigenvalue weighted by atomic mass is 15.1. The van der Waals surface area contributed by atoms with E-state index in [0.717, 1.165) is 12.8 Å². The van der Waals surface area contributed by atoms with Crippen LogP contribution in [0.15, 0.2) is 54.6 Å². The molecule has 2 heteroatoms. The van der Waals surface area contributed by atoms with Crippen molar-refractivity contribution in [3.63, 3.8) is 0 Å². The minimum absolute atomic E-state index is 0.435. The van der Waals surface area contributed by atoms with Crippen LogP contribution in [-0.2, 0) is 6.42 Å². The monoisotopic (exact) mass is 282 g/mol. The molecule has 2 rings (SSSR count). The van der Waals surface area contributed by atoms with E-state index in [4.69, 9.17) is 0 Å². The van der Waals surface area contributed by atoms with Crippen molar-refractivity contribution in [1.29, 1.82) is 0 Å². The fraction of sp³-hybridized carbons (Fsp3) is 0.368. The van der Waals surface area contributed by atoms with Crippen LogP contribution in [0.2, 0.25) is 0 Å². The number of rotatable bonds is 7. The number of nitrogens with one attached hydrogen (secondary N) is 1. The van der Waals surface area contributed by atoms with Crippen molar-refractivity contribution in [1.82, 2.24) is 5.32 Å². The molecule has 0 saturated carbocycles. The van der Waals surface area contributed by atoms with Gasteiger partial charge in [0.05, 0.1) is 0 Å². The molecule has 1 N–H and O–H groups in total. The largest absolute Gasteiger partial charge is 0.378 e. The topological polar surface area (TPSA) is 15.3 Å². The summed E-state index contributed by atoms with van der Waals surface area (Å²) in [6.45, 7) is 0. The third kappa shape index (κ3) is 4.61. The second kappa shape index (κ2) is 7.84. The summed E-state index contributed by atoms with van der Waals surface area (Å²) in [7, 11) is 6.20. The van der Waals surface area contributed by atoms with E-state index in [1.54, 1.807) is 0 Å². The molecule has 0 bridgehead atoms. The van der Waals surface area contributed by atoms with Crippen LogP contribution in [0.3, 0.4) is 0 Å². The van der Waals surface area contributed by atoms with Gasteiger partial charge in [0.15, 0.2) is 0 Å². The van der Waals surface area contributed by atoms with Crippen LogP contribution in [0, 0.1) is 0 Å². The normalized spacial score (nSPS) is 12.1. The fourth-order valence-electron chi connectivity index (χ4n) is 2.64. The average Bonchev–Trinajstić information content (AvgIpc) is 2.53. The maximum atomic E-state index is 3.44. The molecule has 2 aromatic rings. The maximum absolute atomic E-state index is 3.44. The Morgan fingerprint density at radius 2 is 1.62 bits per heavy atom. The Morgan fingerprint density at radius 1 is 0.952 bits per heavy atom. The lowest BCUT2D eigenvalue weighted by Gasteiger charge is -2.18. The quantitative estimate of drug-likeness (QED) is 0.824. The van der Waals surface area contributed by atoms with E-state index in [1.165, 1.54) is 23.2 Å². The SMILES string of the molecule is CNC(CCCc1ccccc1)c1ccc(N(C)C)cc1. The Labute approximate surface area is 128 Å². The van der Waals surface area contributed by atoms with Crippen molar-refractivity contribution in [2.24, 2.45) is 0 Å². The van der Waals surface area contributed by atoms with E-state index in [1.807, 2.05) is 7.05 Å². The van der Waals surface area contributed by atoms with Crippen LogP contribution in [0.4, 0.5) is 5.69 Å². The summed E-state index contributed by atoms with van der Waals surface area (Å²) in [5.74, 6) is 0. The molecule has 0 amide bonds. The first-order chi connectivity index (χ1) is 10.2. The van der Waals surface area contributed by atoms with Crippen LogP contribution < -0.4 is 10.2 Å². The number of benzene rings is 2. The third-order valence-corrected chi connectivity index (χ3v) is 3.96. The molecular weight excluding hydrogens is 256 g/mol. The molecule has 2 aromatic carbocycles. The van der Waals surface area contributed by atoms with Crippen molar-refractivity contribution < 1.29 is 0 Å². The van der Waals surface area contributed by atoms with E-state index in [9.17, 15) is 0 Å². The molecule has 0 heterocycles. The lowest BCUT2D eigenvalue weighted by atomic mass is 9.99. The molecule has 2 nitrogen and oxygen atoms in total. The van der Waals surface area contributed by atoms with Crippen molar-refractivity contribution >= 4 is 5.69 Å². The van der Waals surface area contributed by atoms with Crippen LogP contribution in [0.5, 0.6) is 0 Å². The van der Waals surface area contributed by atoms with Crippen LogP contribution in [0.25, 0.3) is 0 Å². The highest BCUT2D eigenvalue weighted by molar-refractivity contribution is 5.46. The summed E-state index contributed by atoms with van der Waals surface area (Å²) < 4.78 is 0. The van der Waals surface area contributed by atoms with Gasteiger partial charge >= 0.3 is 0 Å². The molecule has 0 aromatic heterocycles. The van der Waals surface area contributed by atoms with Gasteiger partial charge in [-0.25, -0.2) is 0 Å². The fourth-order valence-corrected chi connectivity index (χ4v) is 2.64. The van der Waals surface area contributed by atoms with Gasteiger partial charge in [-0.15, -0.1) is 0 Å². The summed E-state index contributed by atoms with van der Waals surface area (Å²) in [6.07, 6.45) is 3.51. The van der Waals surface area contributed by atoms with Crippen molar-refractivity contribution in [3.05, 3.63) is 65.7 Å². The number of hydrogen-bond donors (Lipinski definition) is 1. The molecule has 0 radical (unpaired) electrons. The molecule has 0 aliphatic heterocycles. The molecule has 0 aliphatic rings. The summed E-state index contributed by atoms with van der Waals surface area (Å²) >= 11 is 0. The lowest BCUT2D eigenvalue weighted by Crippen LogP contribution is -2.17. The van der Waals surface area contributed by atoms with E-state index in [0.29, 0.717) is 6.04 Å². The van der Waals surface area contributed by atoms with Gasteiger partial charge in [0.2, 0.25) is 0 Å². The first-order valence-electron chi connectivity index (χ1n) is 7.69. The van der Waals surface area contributed by atoms with Crippen LogP contribution in [-0.4, -0.2) is 21.1 Å². The summed E-state index contributed by atoms with van der Waals surface area (Å²) in [6, 6.07) is 20.0. The molecule has 0 aliphatic carbocycles. The predicted octanol–water partition coefficient (Wildman–Crippen LogP) is 4.04. The smallest absolute Gasteiger partial charge is 0.0361 e. The van der Waals surface area contributed by atoms with E-state index in [-0.39, 0.29) is 0 Å². The van der Waals surface area contributed by atoms with Crippen molar-refractivity contribution in [2.45, 2.75) is 25.3 Å². The molecule has 1 unspecified atom stereocenters. The van der Waals surface area contributed by atoms with Gasteiger partial charge in [-0.2, -0.15) is 0 Å². The van der Waals surface area contributed by atoms with Crippen LogP contribution >= 0.6 is 0 Å². The molecule has 1 atom stereocenters. The summed E-state index contributed by atoms with van der Waals surface area (Å²) in [5.41, 5.74) is 4.05. The van der Waals surface area contributed by atoms with Gasteiger partial charge in [-0.3, -0.25) is 0 Å². The van der Waals surface area contributed by atoms with Gasteiger partial charge in [0.25, 0.3) is 0 Å². The predicted molar refractivity (Wildman–Crippen MR) is 91.9 cm³/mol. The number of anilines is 1. The Kier molecular flexibility index (Phi) is 5.82. The highest BCUT2D eigenvalue weighted by Crippen LogP contribution is 2.22. The molecule has 112 valence electrons. The first-order valence-corrected chi connectivity index (χ1v) is 7.69. The highest BCUT2D eigenvalue weighted by Gasteiger charge is 2.09. The first kappa shape index (κ1) is 15.6. The third-order valence-electron chi connectivity index (χ3n) is 3.96.